The van der Waals surface area contributed by atoms with Crippen molar-refractivity contribution in [3.63, 3.8) is 0 Å². The molecular weight excluding hydrogens is 483 g/mol. The Hall–Kier alpha value is -3.97. The van der Waals surface area contributed by atoms with Crippen molar-refractivity contribution in [3.8, 4) is 23.6 Å². The first-order chi connectivity index (χ1) is 17.8. The van der Waals surface area contributed by atoms with Gasteiger partial charge in [-0.1, -0.05) is 38.0 Å². The van der Waals surface area contributed by atoms with E-state index in [1.807, 2.05) is 26.0 Å². The van der Waals surface area contributed by atoms with Gasteiger partial charge in [0, 0.05) is 37.2 Å². The highest BCUT2D eigenvalue weighted by Crippen LogP contribution is 2.36. The third-order valence-electron chi connectivity index (χ3n) is 5.86. The molecule has 4 rings (SSSR count). The van der Waals surface area contributed by atoms with Crippen LogP contribution in [0, 0.1) is 12.3 Å². The lowest BCUT2D eigenvalue weighted by atomic mass is 9.97. The van der Waals surface area contributed by atoms with Gasteiger partial charge in [0.25, 0.3) is 0 Å². The Morgan fingerprint density at radius 2 is 2.03 bits per heavy atom. The summed E-state index contributed by atoms with van der Waals surface area (Å²) in [5.41, 5.74) is 2.54. The van der Waals surface area contributed by atoms with E-state index in [0.29, 0.717) is 36.4 Å². The van der Waals surface area contributed by atoms with Crippen LogP contribution >= 0.6 is 0 Å². The predicted octanol–water partition coefficient (Wildman–Crippen LogP) is 5.01. The number of ether oxygens (including phenoxy) is 1. The number of rotatable bonds is 10. The van der Waals surface area contributed by atoms with Gasteiger partial charge in [-0.2, -0.15) is 18.3 Å². The topological polar surface area (TPSA) is 74.3 Å². The van der Waals surface area contributed by atoms with Crippen molar-refractivity contribution in [2.24, 2.45) is 0 Å². The van der Waals surface area contributed by atoms with Gasteiger partial charge in [0.15, 0.2) is 17.1 Å². The van der Waals surface area contributed by atoms with Crippen molar-refractivity contribution in [2.75, 3.05) is 13.2 Å². The van der Waals surface area contributed by atoms with E-state index < -0.39 is 11.9 Å². The highest BCUT2D eigenvalue weighted by atomic mass is 19.4. The summed E-state index contributed by atoms with van der Waals surface area (Å²) in [5, 5.41) is 3.65. The molecule has 3 aromatic heterocycles. The van der Waals surface area contributed by atoms with Crippen LogP contribution < -0.4 is 0 Å². The molecule has 0 N–H and O–H groups in total. The third-order valence-corrected chi connectivity index (χ3v) is 5.86. The molecule has 7 nitrogen and oxygen atoms in total. The molecule has 0 bridgehead atoms. The first-order valence-corrected chi connectivity index (χ1v) is 11.9. The summed E-state index contributed by atoms with van der Waals surface area (Å²) in [6, 6.07) is 5.60. The Kier molecular flexibility index (Phi) is 7.74. The second-order valence-corrected chi connectivity index (χ2v) is 8.50. The molecule has 0 amide bonds. The lowest BCUT2D eigenvalue weighted by Crippen LogP contribution is -2.12. The molecule has 0 spiro atoms. The van der Waals surface area contributed by atoms with E-state index in [1.54, 1.807) is 16.7 Å². The second kappa shape index (κ2) is 11.0. The van der Waals surface area contributed by atoms with Crippen LogP contribution in [0.25, 0.3) is 16.9 Å². The molecule has 37 heavy (non-hydrogen) atoms. The number of fused-ring (bicyclic) bond motifs is 1. The standard InChI is InChI=1S/C27H26F3N5O2/c1-4-10-34-16-21(25(33-34)27(28,29)30)23-15-32-26-22(31-9-11-35(23)26)14-18-7-8-20(19(6-3)13-18)24(36)17-37-12-5-2/h1,7-9,11,13,15-16H,5-6,10,12,14,17H2,2-3H3. The van der Waals surface area contributed by atoms with Crippen molar-refractivity contribution in [2.45, 2.75) is 45.8 Å². The zero-order valence-electron chi connectivity index (χ0n) is 20.5. The average Bonchev–Trinajstić information content (AvgIpc) is 3.49. The smallest absolute Gasteiger partial charge is 0.373 e. The van der Waals surface area contributed by atoms with Crippen LogP contribution in [0.4, 0.5) is 13.2 Å². The normalized spacial score (nSPS) is 11.7. The number of imidazole rings is 1. The first kappa shape index (κ1) is 26.1. The molecular formula is C27H26F3N5O2. The van der Waals surface area contributed by atoms with Crippen LogP contribution in [-0.4, -0.2) is 43.1 Å². The van der Waals surface area contributed by atoms with Crippen molar-refractivity contribution in [3.05, 3.63) is 71.1 Å². The molecule has 1 aromatic carbocycles. The van der Waals surface area contributed by atoms with Crippen LogP contribution in [0.2, 0.25) is 0 Å². The Balaban J connectivity index is 1.67. The number of benzene rings is 1. The molecule has 0 atom stereocenters. The number of hydrogen-bond donors (Lipinski definition) is 0. The van der Waals surface area contributed by atoms with Gasteiger partial charge in [-0.15, -0.1) is 6.42 Å². The largest absolute Gasteiger partial charge is 0.435 e. The van der Waals surface area contributed by atoms with E-state index >= 15 is 0 Å². The predicted molar refractivity (Wildman–Crippen MR) is 132 cm³/mol. The minimum Gasteiger partial charge on any atom is -0.373 e. The molecule has 0 aliphatic carbocycles. The summed E-state index contributed by atoms with van der Waals surface area (Å²) in [6.07, 6.45) is 8.23. The molecule has 0 aliphatic rings. The highest BCUT2D eigenvalue weighted by molar-refractivity contribution is 5.98. The Labute approximate surface area is 212 Å². The van der Waals surface area contributed by atoms with Gasteiger partial charge in [-0.25, -0.2) is 4.98 Å². The molecule has 0 unspecified atom stereocenters. The quantitative estimate of drug-likeness (QED) is 0.171. The fraction of sp³-hybridized carbons (Fsp3) is 0.333. The van der Waals surface area contributed by atoms with Gasteiger partial charge in [-0.3, -0.25) is 18.9 Å². The number of alkyl halides is 3. The molecule has 0 radical (unpaired) electrons. The maximum atomic E-state index is 13.7. The summed E-state index contributed by atoms with van der Waals surface area (Å²) in [7, 11) is 0. The van der Waals surface area contributed by atoms with Crippen LogP contribution in [0.1, 0.15) is 53.1 Å². The van der Waals surface area contributed by atoms with Crippen LogP contribution in [0.15, 0.2) is 43.0 Å². The van der Waals surface area contributed by atoms with Crippen molar-refractivity contribution < 1.29 is 22.7 Å². The summed E-state index contributed by atoms with van der Waals surface area (Å²) in [5.74, 6) is 2.23. The fourth-order valence-corrected chi connectivity index (χ4v) is 4.19. The number of aromatic nitrogens is 5. The minimum absolute atomic E-state index is 0.0374. The number of aryl methyl sites for hydroxylation is 1. The number of hydrogen-bond acceptors (Lipinski definition) is 5. The maximum absolute atomic E-state index is 13.7. The van der Waals surface area contributed by atoms with Gasteiger partial charge in [0.05, 0.1) is 23.1 Å². The van der Waals surface area contributed by atoms with Crippen LogP contribution in [-0.2, 0) is 30.3 Å². The number of Topliss-reactive ketones (excluding diaryl/α,β-unsaturated/α-hetero) is 1. The number of nitrogens with zero attached hydrogens (tertiary/aromatic N) is 5. The maximum Gasteiger partial charge on any atom is 0.435 e. The van der Waals surface area contributed by atoms with Crippen molar-refractivity contribution >= 4 is 11.4 Å². The number of carbonyl (C=O) groups is 1. The van der Waals surface area contributed by atoms with E-state index in [9.17, 15) is 18.0 Å². The molecule has 0 aliphatic heterocycles. The Morgan fingerprint density at radius 3 is 2.73 bits per heavy atom. The van der Waals surface area contributed by atoms with E-state index in [2.05, 4.69) is 21.0 Å². The van der Waals surface area contributed by atoms with E-state index in [4.69, 9.17) is 11.2 Å². The molecule has 0 saturated carbocycles. The van der Waals surface area contributed by atoms with Gasteiger partial charge >= 0.3 is 6.18 Å². The minimum atomic E-state index is -4.66. The monoisotopic (exact) mass is 509 g/mol. The Bertz CT molecular complexity index is 1460. The lowest BCUT2D eigenvalue weighted by Gasteiger charge is -2.11. The zero-order chi connectivity index (χ0) is 26.6. The summed E-state index contributed by atoms with van der Waals surface area (Å²) in [6.45, 7) is 4.44. The lowest BCUT2D eigenvalue weighted by molar-refractivity contribution is -0.141. The number of halogens is 3. The molecule has 4 aromatic rings. The first-order valence-electron chi connectivity index (χ1n) is 11.9. The number of terminal acetylenes is 1. The Morgan fingerprint density at radius 1 is 1.22 bits per heavy atom. The highest BCUT2D eigenvalue weighted by Gasteiger charge is 2.38. The SMILES string of the molecule is C#CCn1cc(-c2cnc3c(Cc4ccc(C(=O)COCCC)c(CC)c4)nccn23)c(C(F)(F)F)n1. The second-order valence-electron chi connectivity index (χ2n) is 8.50. The molecule has 0 fully saturated rings. The summed E-state index contributed by atoms with van der Waals surface area (Å²) >= 11 is 0. The zero-order valence-corrected chi connectivity index (χ0v) is 20.5. The van der Waals surface area contributed by atoms with Gasteiger partial charge in [0.2, 0.25) is 0 Å². The molecule has 3 heterocycles. The van der Waals surface area contributed by atoms with Gasteiger partial charge in [-0.05, 0) is 24.0 Å². The number of carbonyl (C=O) groups excluding carboxylic acids is 1. The molecule has 192 valence electrons. The van der Waals surface area contributed by atoms with Crippen LogP contribution in [0.3, 0.4) is 0 Å². The summed E-state index contributed by atoms with van der Waals surface area (Å²) in [4.78, 5) is 21.4. The van der Waals surface area contributed by atoms with E-state index in [-0.39, 0.29) is 30.2 Å². The van der Waals surface area contributed by atoms with Crippen molar-refractivity contribution in [1.82, 2.24) is 24.1 Å². The van der Waals surface area contributed by atoms with Crippen LogP contribution in [0.5, 0.6) is 0 Å². The number of ketones is 1. The molecule has 10 heteroatoms. The summed E-state index contributed by atoms with van der Waals surface area (Å²) < 4.78 is 49.2. The van der Waals surface area contributed by atoms with Gasteiger partial charge in [0.1, 0.15) is 13.2 Å². The van der Waals surface area contributed by atoms with E-state index in [1.165, 1.54) is 18.6 Å². The van der Waals surface area contributed by atoms with Crippen molar-refractivity contribution in [1.29, 1.82) is 0 Å². The van der Waals surface area contributed by atoms with Gasteiger partial charge < -0.3 is 4.74 Å². The fourth-order valence-electron chi connectivity index (χ4n) is 4.19. The average molecular weight is 510 g/mol. The third kappa shape index (κ3) is 5.57. The van der Waals surface area contributed by atoms with E-state index in [0.717, 1.165) is 22.2 Å². The molecule has 0 saturated heterocycles.